The van der Waals surface area contributed by atoms with Crippen molar-refractivity contribution in [3.63, 3.8) is 0 Å². The first-order valence-corrected chi connectivity index (χ1v) is 8.90. The number of carbonyl (C=O) groups is 1. The van der Waals surface area contributed by atoms with Crippen molar-refractivity contribution in [3.8, 4) is 0 Å². The fourth-order valence-electron chi connectivity index (χ4n) is 1.86. The Kier molecular flexibility index (Phi) is 6.33. The number of aromatic nitrogens is 3. The summed E-state index contributed by atoms with van der Waals surface area (Å²) >= 11 is 13.2. The molecule has 0 saturated carbocycles. The Hall–Kier alpha value is -1.24. The molecule has 0 fully saturated rings. The molecule has 0 saturated heterocycles. The van der Waals surface area contributed by atoms with Crippen molar-refractivity contribution in [1.82, 2.24) is 20.5 Å². The minimum Gasteiger partial charge on any atom is -0.349 e. The van der Waals surface area contributed by atoms with Gasteiger partial charge in [-0.1, -0.05) is 54.9 Å². The van der Waals surface area contributed by atoms with Crippen LogP contribution in [0, 0.1) is 0 Å². The lowest BCUT2D eigenvalue weighted by Crippen LogP contribution is -2.28. The van der Waals surface area contributed by atoms with Gasteiger partial charge >= 0.3 is 0 Å². The van der Waals surface area contributed by atoms with E-state index in [2.05, 4.69) is 20.5 Å². The second-order valence-electron chi connectivity index (χ2n) is 5.41. The van der Waals surface area contributed by atoms with Crippen LogP contribution in [0.3, 0.4) is 0 Å². The van der Waals surface area contributed by atoms with E-state index in [1.807, 2.05) is 26.8 Å². The number of aromatic amines is 1. The first-order chi connectivity index (χ1) is 10.9. The van der Waals surface area contributed by atoms with Gasteiger partial charge in [-0.3, -0.25) is 9.89 Å². The standard InChI is InChI=1S/C15H18Cl2N4OS/c1-8(2)14-19-15(21-20-14)23-7-13(22)18-9(3)10-4-5-11(16)12(17)6-10/h4-6,8-9H,7H2,1-3H3,(H,18,22)(H,19,20,21)/t9-/m1/s1. The van der Waals surface area contributed by atoms with Crippen molar-refractivity contribution in [2.75, 3.05) is 5.75 Å². The molecule has 5 nitrogen and oxygen atoms in total. The van der Waals surface area contributed by atoms with Crippen LogP contribution in [0.25, 0.3) is 0 Å². The number of nitrogens with one attached hydrogen (secondary N) is 2. The van der Waals surface area contributed by atoms with Gasteiger partial charge in [0.05, 0.1) is 21.8 Å². The Labute approximate surface area is 149 Å². The van der Waals surface area contributed by atoms with Crippen LogP contribution in [0.15, 0.2) is 23.4 Å². The first-order valence-electron chi connectivity index (χ1n) is 7.16. The highest BCUT2D eigenvalue weighted by molar-refractivity contribution is 7.99. The van der Waals surface area contributed by atoms with Crippen LogP contribution >= 0.6 is 35.0 Å². The number of hydrogen-bond acceptors (Lipinski definition) is 4. The normalized spacial score (nSPS) is 12.4. The molecular formula is C15H18Cl2N4OS. The zero-order chi connectivity index (χ0) is 17.0. The monoisotopic (exact) mass is 372 g/mol. The molecule has 23 heavy (non-hydrogen) atoms. The van der Waals surface area contributed by atoms with Crippen LogP contribution in [-0.4, -0.2) is 26.8 Å². The molecule has 0 bridgehead atoms. The summed E-state index contributed by atoms with van der Waals surface area (Å²) in [5.74, 6) is 1.25. The Bertz CT molecular complexity index is 690. The SMILES string of the molecule is CC(C)c1nc(SCC(=O)N[C@H](C)c2ccc(Cl)c(Cl)c2)n[nH]1. The third kappa shape index (κ3) is 5.12. The molecule has 0 unspecified atom stereocenters. The summed E-state index contributed by atoms with van der Waals surface area (Å²) in [6.07, 6.45) is 0. The molecule has 0 aliphatic heterocycles. The van der Waals surface area contributed by atoms with E-state index in [9.17, 15) is 4.79 Å². The van der Waals surface area contributed by atoms with Gasteiger partial charge in [-0.2, -0.15) is 0 Å². The fraction of sp³-hybridized carbons (Fsp3) is 0.400. The van der Waals surface area contributed by atoms with Gasteiger partial charge in [0.25, 0.3) is 0 Å². The Balaban J connectivity index is 1.87. The number of H-pyrrole nitrogens is 1. The molecule has 0 aliphatic rings. The van der Waals surface area contributed by atoms with Gasteiger partial charge in [0.1, 0.15) is 5.82 Å². The first kappa shape index (κ1) is 18.1. The molecule has 1 aromatic heterocycles. The van der Waals surface area contributed by atoms with E-state index in [0.29, 0.717) is 15.2 Å². The third-order valence-corrected chi connectivity index (χ3v) is 4.77. The molecule has 2 aromatic rings. The second-order valence-corrected chi connectivity index (χ2v) is 7.17. The maximum Gasteiger partial charge on any atom is 0.230 e. The van der Waals surface area contributed by atoms with Crippen molar-refractivity contribution < 1.29 is 4.79 Å². The summed E-state index contributed by atoms with van der Waals surface area (Å²) in [6, 6.07) is 5.16. The zero-order valence-corrected chi connectivity index (χ0v) is 15.4. The zero-order valence-electron chi connectivity index (χ0n) is 13.1. The van der Waals surface area contributed by atoms with Gasteiger partial charge < -0.3 is 5.32 Å². The molecule has 0 radical (unpaired) electrons. The van der Waals surface area contributed by atoms with Crippen LogP contribution in [-0.2, 0) is 4.79 Å². The average molecular weight is 373 g/mol. The van der Waals surface area contributed by atoms with Gasteiger partial charge in [0, 0.05) is 5.92 Å². The van der Waals surface area contributed by atoms with Crippen molar-refractivity contribution in [1.29, 1.82) is 0 Å². The molecule has 1 heterocycles. The summed E-state index contributed by atoms with van der Waals surface area (Å²) in [5, 5.41) is 11.4. The number of halogens is 2. The maximum absolute atomic E-state index is 12.0. The fourth-order valence-corrected chi connectivity index (χ4v) is 2.78. The molecular weight excluding hydrogens is 355 g/mol. The molecule has 1 atom stereocenters. The number of benzene rings is 1. The van der Waals surface area contributed by atoms with Crippen molar-refractivity contribution in [2.24, 2.45) is 0 Å². The lowest BCUT2D eigenvalue weighted by Gasteiger charge is -2.14. The topological polar surface area (TPSA) is 70.7 Å². The quantitative estimate of drug-likeness (QED) is 0.745. The Morgan fingerprint density at radius 2 is 2.04 bits per heavy atom. The Morgan fingerprint density at radius 3 is 2.65 bits per heavy atom. The van der Waals surface area contributed by atoms with E-state index in [1.54, 1.807) is 12.1 Å². The van der Waals surface area contributed by atoms with E-state index in [4.69, 9.17) is 23.2 Å². The number of rotatable bonds is 6. The Morgan fingerprint density at radius 1 is 1.30 bits per heavy atom. The van der Waals surface area contributed by atoms with Gasteiger partial charge in [-0.05, 0) is 24.6 Å². The van der Waals surface area contributed by atoms with Crippen molar-refractivity contribution in [2.45, 2.75) is 37.9 Å². The maximum atomic E-state index is 12.0. The average Bonchev–Trinajstić information content (AvgIpc) is 2.97. The predicted octanol–water partition coefficient (Wildman–Crippen LogP) is 4.20. The summed E-state index contributed by atoms with van der Waals surface area (Å²) in [7, 11) is 0. The van der Waals surface area contributed by atoms with Crippen LogP contribution in [0.4, 0.5) is 0 Å². The largest absolute Gasteiger partial charge is 0.349 e. The van der Waals surface area contributed by atoms with E-state index >= 15 is 0 Å². The van der Waals surface area contributed by atoms with Gasteiger partial charge in [-0.25, -0.2) is 4.98 Å². The number of thioether (sulfide) groups is 1. The van der Waals surface area contributed by atoms with Gasteiger partial charge in [0.15, 0.2) is 0 Å². The predicted molar refractivity (Wildman–Crippen MR) is 94.2 cm³/mol. The summed E-state index contributed by atoms with van der Waals surface area (Å²) < 4.78 is 0. The summed E-state index contributed by atoms with van der Waals surface area (Å²) in [4.78, 5) is 16.4. The minimum absolute atomic E-state index is 0.0931. The van der Waals surface area contributed by atoms with Gasteiger partial charge in [0.2, 0.25) is 11.1 Å². The van der Waals surface area contributed by atoms with Crippen molar-refractivity contribution >= 4 is 40.9 Å². The number of amides is 1. The van der Waals surface area contributed by atoms with Crippen LogP contribution in [0.1, 0.15) is 44.1 Å². The number of nitrogens with zero attached hydrogens (tertiary/aromatic N) is 2. The van der Waals surface area contributed by atoms with E-state index in [0.717, 1.165) is 11.4 Å². The molecule has 8 heteroatoms. The van der Waals surface area contributed by atoms with Crippen molar-refractivity contribution in [3.05, 3.63) is 39.6 Å². The lowest BCUT2D eigenvalue weighted by molar-refractivity contribution is -0.119. The highest BCUT2D eigenvalue weighted by Crippen LogP contribution is 2.25. The molecule has 0 aliphatic carbocycles. The molecule has 1 amide bonds. The summed E-state index contributed by atoms with van der Waals surface area (Å²) in [5.41, 5.74) is 0.901. The smallest absolute Gasteiger partial charge is 0.230 e. The number of carbonyl (C=O) groups excluding carboxylic acids is 1. The molecule has 2 N–H and O–H groups in total. The molecule has 124 valence electrons. The van der Waals surface area contributed by atoms with E-state index in [1.165, 1.54) is 11.8 Å². The third-order valence-electron chi connectivity index (χ3n) is 3.18. The molecule has 0 spiro atoms. The minimum atomic E-state index is -0.156. The van der Waals surface area contributed by atoms with Crippen LogP contribution in [0.2, 0.25) is 10.0 Å². The van der Waals surface area contributed by atoms with E-state index < -0.39 is 0 Å². The van der Waals surface area contributed by atoms with E-state index in [-0.39, 0.29) is 23.6 Å². The molecule has 1 aromatic carbocycles. The second kappa shape index (κ2) is 8.04. The lowest BCUT2D eigenvalue weighted by atomic mass is 10.1. The van der Waals surface area contributed by atoms with Crippen LogP contribution < -0.4 is 5.32 Å². The molecule has 2 rings (SSSR count). The highest BCUT2D eigenvalue weighted by Gasteiger charge is 2.13. The highest BCUT2D eigenvalue weighted by atomic mass is 35.5. The van der Waals surface area contributed by atoms with Crippen LogP contribution in [0.5, 0.6) is 0 Å². The number of hydrogen-bond donors (Lipinski definition) is 2. The summed E-state index contributed by atoms with van der Waals surface area (Å²) in [6.45, 7) is 5.95. The van der Waals surface area contributed by atoms with Gasteiger partial charge in [-0.15, -0.1) is 5.10 Å².